The normalized spacial score (nSPS) is 11.7. The number of hydrogen-bond donors (Lipinski definition) is 0. The summed E-state index contributed by atoms with van der Waals surface area (Å²) in [6.07, 6.45) is 0. The van der Waals surface area contributed by atoms with Gasteiger partial charge in [0.15, 0.2) is 17.5 Å². The monoisotopic (exact) mass is 760 g/mol. The molecule has 258 valence electrons. The molecule has 3 aromatic heterocycles. The van der Waals surface area contributed by atoms with Crippen molar-refractivity contribution in [1.29, 1.82) is 0 Å². The van der Waals surface area contributed by atoms with Crippen molar-refractivity contribution < 1.29 is 4.42 Å². The van der Waals surface area contributed by atoms with Crippen molar-refractivity contribution in [1.82, 2.24) is 19.5 Å². The van der Waals surface area contributed by atoms with E-state index < -0.39 is 0 Å². The first-order valence-electron chi connectivity index (χ1n) is 19.2. The molecular weight excluding hydrogens is 742 g/mol. The Kier molecular flexibility index (Phi) is 9.55. The molecule has 0 atom stereocenters. The van der Waals surface area contributed by atoms with Crippen LogP contribution in [0.25, 0.3) is 94.7 Å². The first-order chi connectivity index (χ1) is 29.8. The Bertz CT molecular complexity index is 3470. The van der Waals surface area contributed by atoms with Crippen LogP contribution in [0, 0.1) is 0 Å². The second-order valence-electron chi connectivity index (χ2n) is 15.0. The number of furan rings is 1. The summed E-state index contributed by atoms with van der Waals surface area (Å²) in [4.78, 5) is 14.6. The quantitative estimate of drug-likeness (QED) is 0.177. The third-order valence-electron chi connectivity index (χ3n) is 11.5. The van der Waals surface area contributed by atoms with Crippen LogP contribution in [0.3, 0.4) is 0 Å². The summed E-state index contributed by atoms with van der Waals surface area (Å²) in [5.74, 6) is 1.55. The van der Waals surface area contributed by atoms with Crippen molar-refractivity contribution in [2.45, 2.75) is 0 Å². The molecule has 10 aromatic rings. The van der Waals surface area contributed by atoms with Crippen LogP contribution in [0.5, 0.6) is 0 Å². The van der Waals surface area contributed by atoms with Gasteiger partial charge in [-0.05, 0) is 52.2 Å². The first-order valence-corrected chi connectivity index (χ1v) is 19.2. The molecule has 5 nitrogen and oxygen atoms in total. The van der Waals surface area contributed by atoms with E-state index in [1.54, 1.807) is 4.57 Å². The van der Waals surface area contributed by atoms with Crippen LogP contribution in [0.1, 0.15) is 0 Å². The number of hydrogen-bond acceptors (Lipinski definition) is 4. The predicted molar refractivity (Wildman–Crippen MR) is 268 cm³/mol. The van der Waals surface area contributed by atoms with Crippen LogP contribution in [0.15, 0.2) is 101 Å². The van der Waals surface area contributed by atoms with Crippen LogP contribution < -0.4 is 65.6 Å². The third kappa shape index (κ3) is 5.91. The van der Waals surface area contributed by atoms with E-state index in [1.165, 1.54) is 0 Å². The molecule has 0 aliphatic rings. The van der Waals surface area contributed by atoms with Crippen molar-refractivity contribution in [3.63, 3.8) is 0 Å². The molecule has 3 heterocycles. The minimum absolute atomic E-state index is 0.00274. The lowest BCUT2D eigenvalue weighted by Gasteiger charge is -2.26. The minimum Gasteiger partial charge on any atom is -0.456 e. The van der Waals surface area contributed by atoms with Gasteiger partial charge in [-0.2, -0.15) is 0 Å². The van der Waals surface area contributed by atoms with Crippen LogP contribution in [0.2, 0.25) is 0 Å². The highest BCUT2D eigenvalue weighted by Gasteiger charge is 2.26. The van der Waals surface area contributed by atoms with Crippen molar-refractivity contribution in [3.05, 3.63) is 97.1 Å². The first kappa shape index (κ1) is 40.0. The molecule has 24 radical (unpaired) electrons. The zero-order valence-corrected chi connectivity index (χ0v) is 32.9. The summed E-state index contributed by atoms with van der Waals surface area (Å²) in [6, 6.07) is 30.9. The number of aromatic nitrogens is 4. The molecule has 62 heavy (non-hydrogen) atoms. The molecular formula is C45H16B12N4O. The summed E-state index contributed by atoms with van der Waals surface area (Å²) in [5, 5.41) is 2.31. The zero-order chi connectivity index (χ0) is 43.5. The average Bonchev–Trinajstić information content (AvgIpc) is 3.86. The number of benzene rings is 7. The Hall–Kier alpha value is -6.07. The largest absolute Gasteiger partial charge is 0.456 e. The summed E-state index contributed by atoms with van der Waals surface area (Å²) >= 11 is 0. The SMILES string of the molecule is [B]c1c([B])c([B])c(-c2c([B])c([B])c3c4c([B])c([B])c([B])c([B])c4n(-c4ccc5oc6cc(-c7nc(-c8ccccc8)nc(-c8ccccc8)n7)ccc6c5c4)c3c2[B])c([B])c1[B]. The Morgan fingerprint density at radius 1 is 0.355 bits per heavy atom. The Labute approximate surface area is 373 Å². The molecule has 0 amide bonds. The molecule has 0 aliphatic heterocycles. The van der Waals surface area contributed by atoms with Gasteiger partial charge >= 0.3 is 0 Å². The van der Waals surface area contributed by atoms with Gasteiger partial charge in [0, 0.05) is 44.2 Å². The standard InChI is InChI=1S/C45H16B12N4O/c46-29-26(25-30(47)35(52)38(55)36(53)31(25)48)34(51)41-27(32(29)49)28-33(50)37(54)39(56)40(57)42(28)61(41)20-12-14-23-22(16-20)21-13-11-19(15-24(21)62-23)45-59-43(17-7-3-1-4-8-17)58-44(60-45)18-9-5-2-6-10-18/h1-16H. The second kappa shape index (κ2) is 14.8. The topological polar surface area (TPSA) is 56.7 Å². The lowest BCUT2D eigenvalue weighted by atomic mass is 9.57. The highest BCUT2D eigenvalue weighted by molar-refractivity contribution is 6.72. The van der Waals surface area contributed by atoms with E-state index in [9.17, 15) is 0 Å². The molecule has 0 saturated heterocycles. The maximum atomic E-state index is 7.17. The Morgan fingerprint density at radius 3 is 1.39 bits per heavy atom. The molecule has 0 unspecified atom stereocenters. The molecule has 0 N–H and O–H groups in total. The fourth-order valence-electron chi connectivity index (χ4n) is 8.32. The zero-order valence-electron chi connectivity index (χ0n) is 32.9. The fourth-order valence-corrected chi connectivity index (χ4v) is 8.32. The van der Waals surface area contributed by atoms with E-state index in [2.05, 4.69) is 0 Å². The fraction of sp³-hybridized carbons (Fsp3) is 0. The Balaban J connectivity index is 1.22. The number of rotatable bonds is 5. The van der Waals surface area contributed by atoms with Crippen LogP contribution in [-0.2, 0) is 0 Å². The lowest BCUT2D eigenvalue weighted by molar-refractivity contribution is 0.669. The molecule has 17 heteroatoms. The lowest BCUT2D eigenvalue weighted by Crippen LogP contribution is -2.56. The highest BCUT2D eigenvalue weighted by atomic mass is 16.3. The van der Waals surface area contributed by atoms with Crippen LogP contribution in [-0.4, -0.2) is 114 Å². The van der Waals surface area contributed by atoms with Crippen molar-refractivity contribution in [2.24, 2.45) is 0 Å². The highest BCUT2D eigenvalue weighted by Crippen LogP contribution is 2.36. The van der Waals surface area contributed by atoms with E-state index in [4.69, 9.17) is 114 Å². The molecule has 0 aliphatic carbocycles. The molecule has 0 spiro atoms. The third-order valence-corrected chi connectivity index (χ3v) is 11.5. The minimum atomic E-state index is 0.00274. The van der Waals surface area contributed by atoms with Gasteiger partial charge in [0.25, 0.3) is 0 Å². The summed E-state index contributed by atoms with van der Waals surface area (Å²) in [5.41, 5.74) is 5.92. The van der Waals surface area contributed by atoms with Gasteiger partial charge in [0.05, 0.1) is 0 Å². The van der Waals surface area contributed by atoms with Crippen LogP contribution in [0.4, 0.5) is 0 Å². The molecule has 10 rings (SSSR count). The van der Waals surface area contributed by atoms with E-state index in [0.29, 0.717) is 56.1 Å². The van der Waals surface area contributed by atoms with Gasteiger partial charge in [0.1, 0.15) is 105 Å². The molecule has 7 aromatic carbocycles. The molecule has 0 fully saturated rings. The van der Waals surface area contributed by atoms with Gasteiger partial charge in [-0.15, -0.1) is 27.3 Å². The predicted octanol–water partition coefficient (Wildman–Crippen LogP) is -2.94. The number of fused-ring (bicyclic) bond motifs is 6. The van der Waals surface area contributed by atoms with Gasteiger partial charge in [-0.25, -0.2) is 15.0 Å². The second-order valence-corrected chi connectivity index (χ2v) is 15.0. The number of nitrogens with zero attached hydrogens (tertiary/aromatic N) is 4. The summed E-state index contributed by atoms with van der Waals surface area (Å²) < 4.78 is 8.28. The van der Waals surface area contributed by atoms with Crippen molar-refractivity contribution in [3.8, 4) is 51.0 Å². The van der Waals surface area contributed by atoms with Gasteiger partial charge in [0.2, 0.25) is 0 Å². The van der Waals surface area contributed by atoms with Crippen LogP contribution >= 0.6 is 0 Å². The molecule has 0 saturated carbocycles. The van der Waals surface area contributed by atoms with E-state index >= 15 is 0 Å². The van der Waals surface area contributed by atoms with Gasteiger partial charge < -0.3 is 8.98 Å². The van der Waals surface area contributed by atoms with Crippen molar-refractivity contribution >= 4 is 203 Å². The Morgan fingerprint density at radius 2 is 0.806 bits per heavy atom. The van der Waals surface area contributed by atoms with E-state index in [1.807, 2.05) is 97.1 Å². The van der Waals surface area contributed by atoms with Gasteiger partial charge in [-0.3, -0.25) is 0 Å². The average molecular weight is 758 g/mol. The van der Waals surface area contributed by atoms with E-state index in [0.717, 1.165) is 27.5 Å². The maximum absolute atomic E-state index is 7.17. The maximum Gasteiger partial charge on any atom is 0.164 e. The van der Waals surface area contributed by atoms with Gasteiger partial charge in [-0.1, -0.05) is 105 Å². The summed E-state index contributed by atoms with van der Waals surface area (Å²) in [6.45, 7) is 0. The van der Waals surface area contributed by atoms with Crippen molar-refractivity contribution in [2.75, 3.05) is 0 Å². The van der Waals surface area contributed by atoms with E-state index in [-0.39, 0.29) is 76.7 Å². The smallest absolute Gasteiger partial charge is 0.164 e. The molecule has 0 bridgehead atoms. The summed E-state index contributed by atoms with van der Waals surface area (Å²) in [7, 11) is 79.3.